The fourth-order valence-electron chi connectivity index (χ4n) is 4.45. The van der Waals surface area contributed by atoms with Gasteiger partial charge in [-0.05, 0) is 84.9 Å². The first-order valence-electron chi connectivity index (χ1n) is 13.0. The van der Waals surface area contributed by atoms with Crippen molar-refractivity contribution in [2.45, 2.75) is 60.3 Å². The van der Waals surface area contributed by atoms with Crippen molar-refractivity contribution in [1.29, 1.82) is 0 Å². The van der Waals surface area contributed by atoms with E-state index in [1.54, 1.807) is 12.1 Å². The fraction of sp³-hybridized carbons (Fsp3) is 0.452. The van der Waals surface area contributed by atoms with Crippen LogP contribution in [-0.4, -0.2) is 24.2 Å². The molecule has 0 fully saturated rings. The number of allylic oxidation sites excluding steroid dienone is 3. The minimum Gasteiger partial charge on any atom is -0.493 e. The Morgan fingerprint density at radius 3 is 2.37 bits per heavy atom. The van der Waals surface area contributed by atoms with E-state index in [4.69, 9.17) is 4.74 Å². The summed E-state index contributed by atoms with van der Waals surface area (Å²) in [5, 5.41) is 9.32. The lowest BCUT2D eigenvalue weighted by Gasteiger charge is -2.28. The molecule has 0 bridgehead atoms. The molecule has 0 spiro atoms. The molecule has 35 heavy (non-hydrogen) atoms. The molecule has 2 atom stereocenters. The average Bonchev–Trinajstić information content (AvgIpc) is 2.83. The molecule has 2 aromatic rings. The van der Waals surface area contributed by atoms with Crippen molar-refractivity contribution in [2.75, 3.05) is 18.1 Å². The molecule has 1 unspecified atom stereocenters. The number of ether oxygens (including phenoxy) is 1. The summed E-state index contributed by atoms with van der Waals surface area (Å²) in [7, 11) is 0. The van der Waals surface area contributed by atoms with E-state index in [-0.39, 0.29) is 0 Å². The van der Waals surface area contributed by atoms with Gasteiger partial charge in [-0.15, -0.1) is 0 Å². The number of carbonyl (C=O) groups is 1. The number of anilines is 2. The van der Waals surface area contributed by atoms with Crippen LogP contribution in [0.25, 0.3) is 6.08 Å². The van der Waals surface area contributed by atoms with Crippen molar-refractivity contribution < 1.29 is 14.6 Å². The second kappa shape index (κ2) is 12.1. The van der Waals surface area contributed by atoms with Crippen LogP contribution >= 0.6 is 0 Å². The zero-order valence-corrected chi connectivity index (χ0v) is 22.1. The van der Waals surface area contributed by atoms with Gasteiger partial charge < -0.3 is 14.7 Å². The van der Waals surface area contributed by atoms with Crippen molar-refractivity contribution in [2.24, 2.45) is 17.8 Å². The fourth-order valence-corrected chi connectivity index (χ4v) is 4.45. The minimum atomic E-state index is -0.913. The molecular formula is C31H41NO3. The first-order chi connectivity index (χ1) is 16.7. The maximum atomic E-state index is 11.4. The van der Waals surface area contributed by atoms with Crippen LogP contribution in [0.4, 0.5) is 11.4 Å². The maximum absolute atomic E-state index is 11.4. The van der Waals surface area contributed by atoms with Gasteiger partial charge in [-0.3, -0.25) is 0 Å². The van der Waals surface area contributed by atoms with Crippen LogP contribution in [0.15, 0.2) is 54.6 Å². The highest BCUT2D eigenvalue weighted by molar-refractivity contribution is 5.88. The summed E-state index contributed by atoms with van der Waals surface area (Å²) in [6.07, 6.45) is 11.6. The van der Waals surface area contributed by atoms with Gasteiger partial charge in [-0.1, -0.05) is 58.9 Å². The van der Waals surface area contributed by atoms with Gasteiger partial charge in [-0.2, -0.15) is 0 Å². The summed E-state index contributed by atoms with van der Waals surface area (Å²) in [6.45, 7) is 14.5. The molecule has 1 N–H and O–H groups in total. The minimum absolute atomic E-state index is 0.291. The zero-order chi connectivity index (χ0) is 25.5. The number of nitrogens with zero attached hydrogens (tertiary/aromatic N) is 1. The van der Waals surface area contributed by atoms with Gasteiger partial charge in [0.05, 0.1) is 17.9 Å². The van der Waals surface area contributed by atoms with Gasteiger partial charge in [0, 0.05) is 18.3 Å². The first-order valence-corrected chi connectivity index (χ1v) is 13.0. The third-order valence-electron chi connectivity index (χ3n) is 6.55. The van der Waals surface area contributed by atoms with Gasteiger partial charge >= 0.3 is 5.97 Å². The number of hydrogen-bond acceptors (Lipinski definition) is 3. The Bertz CT molecular complexity index is 1050. The number of rotatable bonds is 10. The largest absolute Gasteiger partial charge is 0.493 e. The van der Waals surface area contributed by atoms with Crippen LogP contribution in [0.3, 0.4) is 0 Å². The summed E-state index contributed by atoms with van der Waals surface area (Å²) < 4.78 is 6.30. The summed E-state index contributed by atoms with van der Waals surface area (Å²) in [5.74, 6) is 1.88. The van der Waals surface area contributed by atoms with E-state index < -0.39 is 5.97 Å². The van der Waals surface area contributed by atoms with E-state index in [0.717, 1.165) is 29.2 Å². The molecule has 0 saturated heterocycles. The predicted octanol–water partition coefficient (Wildman–Crippen LogP) is 8.32. The summed E-state index contributed by atoms with van der Waals surface area (Å²) >= 11 is 0. The molecule has 3 rings (SSSR count). The van der Waals surface area contributed by atoms with E-state index in [1.807, 2.05) is 12.1 Å². The van der Waals surface area contributed by atoms with Crippen molar-refractivity contribution in [3.63, 3.8) is 0 Å². The molecule has 2 aromatic carbocycles. The second-order valence-corrected chi connectivity index (χ2v) is 10.4. The van der Waals surface area contributed by atoms with Crippen LogP contribution in [0, 0.1) is 17.8 Å². The van der Waals surface area contributed by atoms with Crippen molar-refractivity contribution in [3.8, 4) is 5.75 Å². The van der Waals surface area contributed by atoms with Gasteiger partial charge in [-0.25, -0.2) is 4.79 Å². The second-order valence-electron chi connectivity index (χ2n) is 10.4. The van der Waals surface area contributed by atoms with Crippen LogP contribution in [-0.2, 0) is 0 Å². The number of aromatic carboxylic acids is 1. The summed E-state index contributed by atoms with van der Waals surface area (Å²) in [5.41, 5.74) is 4.69. The molecular weight excluding hydrogens is 434 g/mol. The Morgan fingerprint density at radius 1 is 1.11 bits per heavy atom. The summed E-state index contributed by atoms with van der Waals surface area (Å²) in [4.78, 5) is 13.6. The third kappa shape index (κ3) is 7.00. The maximum Gasteiger partial charge on any atom is 0.335 e. The Labute approximate surface area is 211 Å². The van der Waals surface area contributed by atoms with Gasteiger partial charge in [0.25, 0.3) is 0 Å². The standard InChI is InChI=1S/C31H41NO3/c1-7-32(27-16-14-25(15-17-27)31(33)34)29-19-30(35-20-21(2)3)28(22(4)5)18-26(29)13-12-24-10-8-23(6)9-11-24/h8,10,12-19,21-24H,7,9,11,20H2,1-6H3,(H,33,34)/b13-12+/t23-,24?/m0/s1. The molecule has 4 nitrogen and oxygen atoms in total. The molecule has 0 amide bonds. The lowest BCUT2D eigenvalue weighted by molar-refractivity contribution is 0.0697. The molecule has 4 heteroatoms. The molecule has 0 saturated carbocycles. The van der Waals surface area contributed by atoms with Crippen molar-refractivity contribution in [1.82, 2.24) is 0 Å². The third-order valence-corrected chi connectivity index (χ3v) is 6.55. The quantitative estimate of drug-likeness (QED) is 0.351. The number of benzene rings is 2. The Kier molecular flexibility index (Phi) is 9.20. The van der Waals surface area contributed by atoms with E-state index in [2.05, 4.69) is 82.9 Å². The molecule has 1 aliphatic carbocycles. The van der Waals surface area contributed by atoms with E-state index in [0.29, 0.717) is 35.8 Å². The highest BCUT2D eigenvalue weighted by Crippen LogP contribution is 2.38. The predicted molar refractivity (Wildman–Crippen MR) is 147 cm³/mol. The van der Waals surface area contributed by atoms with Gasteiger partial charge in [0.1, 0.15) is 5.75 Å². The SMILES string of the molecule is CCN(c1ccc(C(=O)O)cc1)c1cc(OCC(C)C)c(C(C)C)cc1/C=C/C1C=C[C@H](C)CC1. The molecule has 0 aliphatic heterocycles. The number of carboxylic acids is 1. The zero-order valence-electron chi connectivity index (χ0n) is 22.1. The highest BCUT2D eigenvalue weighted by atomic mass is 16.5. The van der Waals surface area contributed by atoms with E-state index in [1.165, 1.54) is 18.4 Å². The summed E-state index contributed by atoms with van der Waals surface area (Å²) in [6, 6.07) is 11.6. The lowest BCUT2D eigenvalue weighted by atomic mass is 9.89. The average molecular weight is 476 g/mol. The van der Waals surface area contributed by atoms with Crippen LogP contribution in [0.5, 0.6) is 5.75 Å². The number of carboxylic acid groups (broad SMARTS) is 1. The molecule has 188 valence electrons. The van der Waals surface area contributed by atoms with Crippen LogP contribution < -0.4 is 9.64 Å². The van der Waals surface area contributed by atoms with E-state index in [9.17, 15) is 9.90 Å². The smallest absolute Gasteiger partial charge is 0.335 e. The Hall–Kier alpha value is -3.01. The number of hydrogen-bond donors (Lipinski definition) is 1. The van der Waals surface area contributed by atoms with Crippen LogP contribution in [0.1, 0.15) is 81.8 Å². The molecule has 0 radical (unpaired) electrons. The Balaban J connectivity index is 2.09. The van der Waals surface area contributed by atoms with Gasteiger partial charge in [0.15, 0.2) is 0 Å². The van der Waals surface area contributed by atoms with Gasteiger partial charge in [0.2, 0.25) is 0 Å². The monoisotopic (exact) mass is 475 g/mol. The van der Waals surface area contributed by atoms with E-state index >= 15 is 0 Å². The molecule has 1 aliphatic rings. The van der Waals surface area contributed by atoms with Crippen molar-refractivity contribution in [3.05, 3.63) is 71.3 Å². The van der Waals surface area contributed by atoms with Crippen LogP contribution in [0.2, 0.25) is 0 Å². The normalized spacial score (nSPS) is 17.9. The molecule has 0 aromatic heterocycles. The first kappa shape index (κ1) is 26.6. The molecule has 0 heterocycles. The lowest BCUT2D eigenvalue weighted by Crippen LogP contribution is -2.18. The van der Waals surface area contributed by atoms with Crippen molar-refractivity contribution >= 4 is 23.4 Å². The topological polar surface area (TPSA) is 49.8 Å². The highest BCUT2D eigenvalue weighted by Gasteiger charge is 2.19. The Morgan fingerprint density at radius 2 is 1.83 bits per heavy atom.